The molecule has 0 bridgehead atoms. The number of halogens is 1. The lowest BCUT2D eigenvalue weighted by molar-refractivity contribution is 0.00899. The van der Waals surface area contributed by atoms with Crippen molar-refractivity contribution in [2.75, 3.05) is 39.0 Å². The predicted octanol–water partition coefficient (Wildman–Crippen LogP) is 3.72. The van der Waals surface area contributed by atoms with Crippen LogP contribution in [0.1, 0.15) is 37.9 Å². The van der Waals surface area contributed by atoms with Gasteiger partial charge in [-0.1, -0.05) is 29.8 Å². The smallest absolute Gasteiger partial charge is 0.410 e. The molecule has 2 heterocycles. The molecule has 1 N–H and O–H groups in total. The maximum Gasteiger partial charge on any atom is 0.410 e. The van der Waals surface area contributed by atoms with Crippen molar-refractivity contribution < 1.29 is 22.1 Å². The van der Waals surface area contributed by atoms with Crippen LogP contribution in [0.2, 0.25) is 5.02 Å². The number of rotatable bonds is 4. The van der Waals surface area contributed by atoms with E-state index in [4.69, 9.17) is 20.5 Å². The highest BCUT2D eigenvalue weighted by Gasteiger charge is 2.38. The minimum Gasteiger partial charge on any atom is -0.444 e. The molecule has 3 aliphatic rings. The lowest BCUT2D eigenvalue weighted by Gasteiger charge is -2.43. The monoisotopic (exact) mass is 521 g/mol. The fourth-order valence-corrected chi connectivity index (χ4v) is 5.17. The zero-order chi connectivity index (χ0) is 25.4. The Hall–Kier alpha value is -2.33. The van der Waals surface area contributed by atoms with Gasteiger partial charge < -0.3 is 15.0 Å². The van der Waals surface area contributed by atoms with Gasteiger partial charge in [0.1, 0.15) is 5.60 Å². The quantitative estimate of drug-likeness (QED) is 0.604. The minimum atomic E-state index is -3.62. The van der Waals surface area contributed by atoms with Gasteiger partial charge in [-0.15, -0.1) is 0 Å². The van der Waals surface area contributed by atoms with Crippen molar-refractivity contribution in [2.24, 2.45) is 0 Å². The van der Waals surface area contributed by atoms with Crippen LogP contribution in [0, 0.1) is 0 Å². The first-order valence-corrected chi connectivity index (χ1v) is 13.8. The molecule has 0 saturated carbocycles. The van der Waals surface area contributed by atoms with Crippen LogP contribution >= 0.6 is 11.6 Å². The third-order valence-corrected chi connectivity index (χ3v) is 6.93. The summed E-state index contributed by atoms with van der Waals surface area (Å²) in [5.41, 5.74) is 3.11. The Morgan fingerprint density at radius 3 is 2.57 bits per heavy atom. The van der Waals surface area contributed by atoms with Gasteiger partial charge in [-0.3, -0.25) is 9.08 Å². The summed E-state index contributed by atoms with van der Waals surface area (Å²) >= 11 is 6.38. The Balaban J connectivity index is 1.65. The minimum absolute atomic E-state index is 0.0637. The molecule has 1 amide bonds. The molecule has 1 aromatic carbocycles. The maximum atomic E-state index is 12.6. The Kier molecular flexibility index (Phi) is 7.33. The second-order valence-electron chi connectivity index (χ2n) is 9.99. The average Bonchev–Trinajstić information content (AvgIpc) is 2.90. The molecule has 1 aliphatic carbocycles. The van der Waals surface area contributed by atoms with E-state index in [2.05, 4.69) is 10.2 Å². The van der Waals surface area contributed by atoms with E-state index >= 15 is 0 Å². The highest BCUT2D eigenvalue weighted by molar-refractivity contribution is 7.86. The zero-order valence-corrected chi connectivity index (χ0v) is 22.0. The van der Waals surface area contributed by atoms with E-state index in [-0.39, 0.29) is 24.8 Å². The number of dihydropyridines is 1. The number of hydrogen-bond acceptors (Lipinski definition) is 7. The van der Waals surface area contributed by atoms with Gasteiger partial charge in [-0.25, -0.2) is 4.79 Å². The molecule has 4 rings (SSSR count). The van der Waals surface area contributed by atoms with Gasteiger partial charge in [0.05, 0.1) is 24.9 Å². The van der Waals surface area contributed by atoms with Crippen molar-refractivity contribution in [3.63, 3.8) is 0 Å². The van der Waals surface area contributed by atoms with Crippen molar-refractivity contribution in [3.05, 3.63) is 64.3 Å². The van der Waals surface area contributed by atoms with Crippen LogP contribution in [-0.2, 0) is 19.0 Å². The number of amides is 1. The summed E-state index contributed by atoms with van der Waals surface area (Å²) in [5.74, 6) is 0. The summed E-state index contributed by atoms with van der Waals surface area (Å²) in [7, 11) is -3.62. The van der Waals surface area contributed by atoms with E-state index in [1.54, 1.807) is 4.90 Å². The Morgan fingerprint density at radius 2 is 1.91 bits per heavy atom. The van der Waals surface area contributed by atoms with Crippen molar-refractivity contribution >= 4 is 33.4 Å². The highest BCUT2D eigenvalue weighted by atomic mass is 35.5. The van der Waals surface area contributed by atoms with Crippen molar-refractivity contribution in [1.82, 2.24) is 15.1 Å². The molecule has 8 nitrogen and oxygen atoms in total. The topological polar surface area (TPSA) is 88.2 Å². The number of carbonyl (C=O) groups excluding carboxylic acids is 1. The molecular weight excluding hydrogens is 490 g/mol. The number of carbonyl (C=O) groups is 1. The number of ether oxygens (including phenoxy) is 1. The highest BCUT2D eigenvalue weighted by Crippen LogP contribution is 2.40. The SMILES string of the molecule is CC(C)(C)OC(=O)N1CCN(C2c3ccc(Cl)cc3C(COS(C)(=O)=O)=CC3=CC=CNC32)CC1. The fraction of sp³-hybridized carbons (Fsp3) is 0.480. The van der Waals surface area contributed by atoms with Crippen molar-refractivity contribution in [1.29, 1.82) is 0 Å². The first-order chi connectivity index (χ1) is 16.4. The molecule has 2 atom stereocenters. The van der Waals surface area contributed by atoms with Gasteiger partial charge in [0, 0.05) is 31.2 Å². The molecule has 0 spiro atoms. The number of piperazine rings is 1. The maximum absolute atomic E-state index is 12.6. The fourth-order valence-electron chi connectivity index (χ4n) is 4.66. The van der Waals surface area contributed by atoms with Crippen LogP contribution in [0.5, 0.6) is 0 Å². The number of hydrogen-bond donors (Lipinski definition) is 1. The first kappa shape index (κ1) is 25.8. The van der Waals surface area contributed by atoms with Crippen molar-refractivity contribution in [2.45, 2.75) is 38.5 Å². The average molecular weight is 522 g/mol. The lowest BCUT2D eigenvalue weighted by Crippen LogP contribution is -2.54. The number of nitrogens with zero attached hydrogens (tertiary/aromatic N) is 2. The second kappa shape index (κ2) is 9.97. The van der Waals surface area contributed by atoms with Crippen LogP contribution in [0.4, 0.5) is 4.79 Å². The Labute approximate surface area is 212 Å². The van der Waals surface area contributed by atoms with Crippen LogP contribution < -0.4 is 5.32 Å². The number of nitrogens with one attached hydrogen (secondary N) is 1. The summed E-state index contributed by atoms with van der Waals surface area (Å²) in [6, 6.07) is 5.59. The molecule has 35 heavy (non-hydrogen) atoms. The summed E-state index contributed by atoms with van der Waals surface area (Å²) in [6.45, 7) is 7.93. The second-order valence-corrected chi connectivity index (χ2v) is 12.1. The molecule has 2 aliphatic heterocycles. The van der Waals surface area contributed by atoms with E-state index < -0.39 is 15.7 Å². The van der Waals surface area contributed by atoms with Crippen LogP contribution in [-0.4, -0.2) is 75.0 Å². The van der Waals surface area contributed by atoms with E-state index in [9.17, 15) is 13.2 Å². The van der Waals surface area contributed by atoms with Crippen LogP contribution in [0.3, 0.4) is 0 Å². The zero-order valence-electron chi connectivity index (χ0n) is 20.5. The molecule has 0 aromatic heterocycles. The van der Waals surface area contributed by atoms with Gasteiger partial charge >= 0.3 is 6.09 Å². The van der Waals surface area contributed by atoms with Crippen molar-refractivity contribution in [3.8, 4) is 0 Å². The summed E-state index contributed by atoms with van der Waals surface area (Å²) < 4.78 is 34.2. The van der Waals surface area contributed by atoms with Gasteiger partial charge in [0.2, 0.25) is 0 Å². The molecule has 1 fully saturated rings. The molecule has 1 aromatic rings. The molecule has 1 saturated heterocycles. The third-order valence-electron chi connectivity index (χ3n) is 6.14. The summed E-state index contributed by atoms with van der Waals surface area (Å²) in [5, 5.41) is 4.05. The molecule has 190 valence electrons. The number of allylic oxidation sites excluding steroid dienone is 2. The van der Waals surface area contributed by atoms with Crippen LogP contribution in [0.25, 0.3) is 5.57 Å². The lowest BCUT2D eigenvalue weighted by atomic mass is 9.90. The predicted molar refractivity (Wildman–Crippen MR) is 136 cm³/mol. The Morgan fingerprint density at radius 1 is 1.20 bits per heavy atom. The van der Waals surface area contributed by atoms with E-state index in [1.807, 2.05) is 63.4 Å². The molecule has 10 heteroatoms. The van der Waals surface area contributed by atoms with Crippen LogP contribution in [0.15, 0.2) is 48.2 Å². The van der Waals surface area contributed by atoms with Gasteiger partial charge in [0.25, 0.3) is 10.1 Å². The van der Waals surface area contributed by atoms with E-state index in [1.165, 1.54) is 0 Å². The third kappa shape index (κ3) is 6.27. The number of fused-ring (bicyclic) bond motifs is 2. The van der Waals surface area contributed by atoms with E-state index in [0.29, 0.717) is 31.2 Å². The summed E-state index contributed by atoms with van der Waals surface area (Å²) in [4.78, 5) is 16.7. The Bertz CT molecular complexity index is 1180. The van der Waals surface area contributed by atoms with E-state index in [0.717, 1.165) is 28.5 Å². The first-order valence-electron chi connectivity index (χ1n) is 11.6. The normalized spacial score (nSPS) is 22.8. The standard InChI is InChI=1S/C25H32ClN3O5S/c1-25(2,3)34-24(30)29-12-10-28(11-13-29)23-20-8-7-19(26)15-21(20)18(16-33-35(4,31)32)14-17-6-5-9-27-22(17)23/h5-9,14-15,22-23,27H,10-13,16H2,1-4H3. The van der Waals surface area contributed by atoms with Gasteiger partial charge in [-0.05, 0) is 67.5 Å². The molecule has 2 unspecified atom stereocenters. The summed E-state index contributed by atoms with van der Waals surface area (Å²) in [6.07, 6.45) is 8.60. The van der Waals surface area contributed by atoms with Gasteiger partial charge in [-0.2, -0.15) is 8.42 Å². The molecule has 0 radical (unpaired) electrons. The molecular formula is C25H32ClN3O5S. The largest absolute Gasteiger partial charge is 0.444 e. The van der Waals surface area contributed by atoms with Gasteiger partial charge in [0.15, 0.2) is 0 Å². The number of benzene rings is 1.